The second-order valence-corrected chi connectivity index (χ2v) is 8.50. The highest BCUT2D eigenvalue weighted by atomic mass is 32.1. The molecule has 4 rings (SSSR count). The summed E-state index contributed by atoms with van der Waals surface area (Å²) in [6.07, 6.45) is 4.80. The molecule has 2 aromatic carbocycles. The summed E-state index contributed by atoms with van der Waals surface area (Å²) in [5, 5.41) is 2.17. The summed E-state index contributed by atoms with van der Waals surface area (Å²) in [5.41, 5.74) is 3.06. The van der Waals surface area contributed by atoms with Crippen molar-refractivity contribution in [2.45, 2.75) is 38.6 Å². The lowest BCUT2D eigenvalue weighted by Gasteiger charge is -2.18. The molecule has 6 nitrogen and oxygen atoms in total. The Morgan fingerprint density at radius 3 is 2.19 bits per heavy atom. The van der Waals surface area contributed by atoms with Gasteiger partial charge in [-0.2, -0.15) is 0 Å². The Hall–Kier alpha value is -2.93. The van der Waals surface area contributed by atoms with Gasteiger partial charge in [0, 0.05) is 17.0 Å². The van der Waals surface area contributed by atoms with Crippen LogP contribution in [-0.4, -0.2) is 32.5 Å². The van der Waals surface area contributed by atoms with E-state index in [1.54, 1.807) is 32.7 Å². The zero-order chi connectivity index (χ0) is 22.5. The Labute approximate surface area is 193 Å². The Morgan fingerprint density at radius 1 is 0.969 bits per heavy atom. The molecule has 0 aliphatic heterocycles. The fourth-order valence-electron chi connectivity index (χ4n) is 4.25. The molecule has 0 N–H and O–H groups in total. The van der Waals surface area contributed by atoms with Crippen LogP contribution in [0, 0.1) is 0 Å². The molecule has 0 radical (unpaired) electrons. The van der Waals surface area contributed by atoms with Crippen LogP contribution in [0.1, 0.15) is 38.6 Å². The van der Waals surface area contributed by atoms with Crippen molar-refractivity contribution < 1.29 is 18.9 Å². The fourth-order valence-corrected chi connectivity index (χ4v) is 5.24. The predicted octanol–water partition coefficient (Wildman–Crippen LogP) is 5.99. The molecule has 1 heterocycles. The molecule has 0 unspecified atom stereocenters. The Kier molecular flexibility index (Phi) is 7.05. The molecule has 1 fully saturated rings. The molecule has 1 aliphatic carbocycles. The quantitative estimate of drug-likeness (QED) is 0.420. The number of ether oxygens (including phenoxy) is 4. The van der Waals surface area contributed by atoms with E-state index in [1.165, 1.54) is 12.8 Å². The molecule has 1 saturated carbocycles. The van der Waals surface area contributed by atoms with E-state index >= 15 is 0 Å². The summed E-state index contributed by atoms with van der Waals surface area (Å²) < 4.78 is 24.6. The standard InChI is InChI=1S/C25H30N2O4S/c1-5-31-20-12-10-18(11-13-20)26-25-27(19-8-6-7-9-19)21(16-32-25)17-14-22(28-2)24(30-4)23(15-17)29-3/h10-16,19H,5-9H2,1-4H3. The van der Waals surface area contributed by atoms with E-state index in [1.807, 2.05) is 43.3 Å². The molecule has 1 aliphatic rings. The topological polar surface area (TPSA) is 54.2 Å². The zero-order valence-corrected chi connectivity index (χ0v) is 19.9. The lowest BCUT2D eigenvalue weighted by atomic mass is 10.1. The van der Waals surface area contributed by atoms with E-state index in [0.717, 1.165) is 40.3 Å². The largest absolute Gasteiger partial charge is 0.494 e. The number of benzene rings is 2. The van der Waals surface area contributed by atoms with Crippen molar-refractivity contribution in [3.63, 3.8) is 0 Å². The highest BCUT2D eigenvalue weighted by Gasteiger charge is 2.23. The smallest absolute Gasteiger partial charge is 0.203 e. The van der Waals surface area contributed by atoms with Crippen molar-refractivity contribution in [2.24, 2.45) is 4.99 Å². The van der Waals surface area contributed by atoms with Gasteiger partial charge in [-0.15, -0.1) is 11.3 Å². The average molecular weight is 455 g/mol. The van der Waals surface area contributed by atoms with Gasteiger partial charge in [-0.3, -0.25) is 0 Å². The molecule has 0 atom stereocenters. The van der Waals surface area contributed by atoms with Gasteiger partial charge in [0.2, 0.25) is 5.75 Å². The molecular weight excluding hydrogens is 424 g/mol. The molecule has 32 heavy (non-hydrogen) atoms. The van der Waals surface area contributed by atoms with Gasteiger partial charge in [0.15, 0.2) is 16.3 Å². The SMILES string of the molecule is CCOc1ccc(N=c2scc(-c3cc(OC)c(OC)c(OC)c3)n2C2CCCC2)cc1. The van der Waals surface area contributed by atoms with Gasteiger partial charge in [0.25, 0.3) is 0 Å². The molecule has 0 saturated heterocycles. The predicted molar refractivity (Wildman–Crippen MR) is 128 cm³/mol. The van der Waals surface area contributed by atoms with Crippen molar-refractivity contribution in [2.75, 3.05) is 27.9 Å². The minimum atomic E-state index is 0.428. The summed E-state index contributed by atoms with van der Waals surface area (Å²) in [6, 6.07) is 12.4. The number of hydrogen-bond donors (Lipinski definition) is 0. The minimum absolute atomic E-state index is 0.428. The maximum atomic E-state index is 5.59. The molecule has 1 aromatic heterocycles. The fraction of sp³-hybridized carbons (Fsp3) is 0.400. The van der Waals surface area contributed by atoms with Crippen LogP contribution < -0.4 is 23.7 Å². The highest BCUT2D eigenvalue weighted by Crippen LogP contribution is 2.42. The summed E-state index contributed by atoms with van der Waals surface area (Å²) >= 11 is 1.66. The van der Waals surface area contributed by atoms with Crippen molar-refractivity contribution in [3.8, 4) is 34.3 Å². The van der Waals surface area contributed by atoms with Crippen LogP contribution in [0.15, 0.2) is 46.8 Å². The molecule has 7 heteroatoms. The van der Waals surface area contributed by atoms with Crippen LogP contribution in [-0.2, 0) is 0 Å². The van der Waals surface area contributed by atoms with Crippen molar-refractivity contribution in [3.05, 3.63) is 46.6 Å². The van der Waals surface area contributed by atoms with Crippen LogP contribution in [0.5, 0.6) is 23.0 Å². The van der Waals surface area contributed by atoms with E-state index in [-0.39, 0.29) is 0 Å². The normalized spacial score (nSPS) is 14.6. The number of thiazole rings is 1. The maximum Gasteiger partial charge on any atom is 0.203 e. The molecular formula is C25H30N2O4S. The van der Waals surface area contributed by atoms with Crippen molar-refractivity contribution >= 4 is 17.0 Å². The van der Waals surface area contributed by atoms with Crippen molar-refractivity contribution in [1.82, 2.24) is 4.57 Å². The third-order valence-electron chi connectivity index (χ3n) is 5.76. The average Bonchev–Trinajstić information content (AvgIpc) is 3.49. The molecule has 0 spiro atoms. The van der Waals surface area contributed by atoms with Gasteiger partial charge in [-0.05, 0) is 56.2 Å². The van der Waals surface area contributed by atoms with E-state index in [4.69, 9.17) is 23.9 Å². The lowest BCUT2D eigenvalue weighted by Crippen LogP contribution is -2.20. The molecule has 170 valence electrons. The van der Waals surface area contributed by atoms with Gasteiger partial charge < -0.3 is 23.5 Å². The zero-order valence-electron chi connectivity index (χ0n) is 19.1. The third kappa shape index (κ3) is 4.48. The molecule has 0 amide bonds. The Bertz CT molecular complexity index is 1090. The summed E-state index contributed by atoms with van der Waals surface area (Å²) in [6.45, 7) is 2.64. The second-order valence-electron chi connectivity index (χ2n) is 7.66. The van der Waals surface area contributed by atoms with Crippen LogP contribution in [0.3, 0.4) is 0 Å². The van der Waals surface area contributed by atoms with Crippen molar-refractivity contribution in [1.29, 1.82) is 0 Å². The minimum Gasteiger partial charge on any atom is -0.494 e. The first-order valence-electron chi connectivity index (χ1n) is 11.0. The van der Waals surface area contributed by atoms with Gasteiger partial charge in [0.05, 0.1) is 39.3 Å². The summed E-state index contributed by atoms with van der Waals surface area (Å²) in [4.78, 5) is 5.98. The van der Waals surface area contributed by atoms with E-state index in [2.05, 4.69) is 9.95 Å². The van der Waals surface area contributed by atoms with Gasteiger partial charge in [0.1, 0.15) is 5.75 Å². The highest BCUT2D eigenvalue weighted by molar-refractivity contribution is 7.07. The van der Waals surface area contributed by atoms with Crippen LogP contribution in [0.25, 0.3) is 11.3 Å². The van der Waals surface area contributed by atoms with Crippen LogP contribution in [0.4, 0.5) is 5.69 Å². The number of hydrogen-bond acceptors (Lipinski definition) is 6. The lowest BCUT2D eigenvalue weighted by molar-refractivity contribution is 0.324. The molecule has 3 aromatic rings. The van der Waals surface area contributed by atoms with Gasteiger partial charge in [-0.1, -0.05) is 12.8 Å². The van der Waals surface area contributed by atoms with Crippen LogP contribution >= 0.6 is 11.3 Å². The van der Waals surface area contributed by atoms with E-state index in [0.29, 0.717) is 29.9 Å². The number of nitrogens with zero attached hydrogens (tertiary/aromatic N) is 2. The van der Waals surface area contributed by atoms with Crippen LogP contribution in [0.2, 0.25) is 0 Å². The first-order valence-corrected chi connectivity index (χ1v) is 11.8. The maximum absolute atomic E-state index is 5.59. The van der Waals surface area contributed by atoms with Gasteiger partial charge >= 0.3 is 0 Å². The Morgan fingerprint density at radius 2 is 1.62 bits per heavy atom. The first-order chi connectivity index (χ1) is 15.7. The number of rotatable bonds is 8. The first kappa shape index (κ1) is 22.3. The van der Waals surface area contributed by atoms with E-state index in [9.17, 15) is 0 Å². The number of aromatic nitrogens is 1. The third-order valence-corrected chi connectivity index (χ3v) is 6.60. The van der Waals surface area contributed by atoms with Gasteiger partial charge in [-0.25, -0.2) is 4.99 Å². The van der Waals surface area contributed by atoms with E-state index < -0.39 is 0 Å². The Balaban J connectivity index is 1.83. The second kappa shape index (κ2) is 10.1. The molecule has 0 bridgehead atoms. The monoisotopic (exact) mass is 454 g/mol. The summed E-state index contributed by atoms with van der Waals surface area (Å²) in [5.74, 6) is 2.76. The number of methoxy groups -OCH3 is 3. The summed E-state index contributed by atoms with van der Waals surface area (Å²) in [7, 11) is 4.91.